The molecule has 0 aliphatic carbocycles. The van der Waals surface area contributed by atoms with E-state index in [9.17, 15) is 9.59 Å². The molecular formula is C15H29N3O3. The number of piperidine rings is 1. The van der Waals surface area contributed by atoms with Gasteiger partial charge in [-0.25, -0.2) is 4.79 Å². The Morgan fingerprint density at radius 3 is 2.43 bits per heavy atom. The molecule has 1 aliphatic heterocycles. The number of carbonyl (C=O) groups is 2. The number of amides is 2. The summed E-state index contributed by atoms with van der Waals surface area (Å²) in [6.45, 7) is 8.53. The first-order valence-corrected chi connectivity index (χ1v) is 7.84. The highest BCUT2D eigenvalue weighted by molar-refractivity contribution is 5.78. The molecule has 0 aromatic rings. The second-order valence-corrected chi connectivity index (χ2v) is 6.47. The van der Waals surface area contributed by atoms with Crippen molar-refractivity contribution in [3.63, 3.8) is 0 Å². The van der Waals surface area contributed by atoms with Crippen molar-refractivity contribution in [1.82, 2.24) is 16.0 Å². The smallest absolute Gasteiger partial charge is 0.407 e. The largest absolute Gasteiger partial charge is 0.444 e. The predicted octanol–water partition coefficient (Wildman–Crippen LogP) is 1.41. The van der Waals surface area contributed by atoms with Crippen LogP contribution in [0.5, 0.6) is 0 Å². The van der Waals surface area contributed by atoms with Gasteiger partial charge in [-0.15, -0.1) is 0 Å². The normalized spacial score (nSPS) is 18.9. The molecule has 1 heterocycles. The van der Waals surface area contributed by atoms with Gasteiger partial charge in [-0.1, -0.05) is 0 Å². The number of hydrogen-bond donors (Lipinski definition) is 3. The number of hydrogen-bond acceptors (Lipinski definition) is 4. The lowest BCUT2D eigenvalue weighted by atomic mass is 9.99. The van der Waals surface area contributed by atoms with Crippen LogP contribution in [0.25, 0.3) is 0 Å². The number of carbonyl (C=O) groups excluding carboxylic acids is 2. The summed E-state index contributed by atoms with van der Waals surface area (Å²) in [5.74, 6) is 0.251. The van der Waals surface area contributed by atoms with Crippen molar-refractivity contribution in [1.29, 1.82) is 0 Å². The lowest BCUT2D eigenvalue weighted by Gasteiger charge is -2.22. The zero-order chi connectivity index (χ0) is 15.7. The molecule has 0 aromatic carbocycles. The fraction of sp³-hybridized carbons (Fsp3) is 0.867. The van der Waals surface area contributed by atoms with Gasteiger partial charge in [0.2, 0.25) is 5.91 Å². The standard InChI is InChI=1S/C15H29N3O3/c1-15(2,3)21-14(20)18-10-5-4-9-17-13(19)12-7-6-8-16-11-12/h12,16H,4-11H2,1-3H3,(H,17,19)(H,18,20)/t12-/m0/s1. The van der Waals surface area contributed by atoms with E-state index < -0.39 is 5.60 Å². The first kappa shape index (κ1) is 17.8. The Hall–Kier alpha value is -1.30. The Balaban J connectivity index is 1.99. The van der Waals surface area contributed by atoms with Crippen molar-refractivity contribution in [3.05, 3.63) is 0 Å². The van der Waals surface area contributed by atoms with Gasteiger partial charge in [-0.2, -0.15) is 0 Å². The molecule has 1 fully saturated rings. The summed E-state index contributed by atoms with van der Waals surface area (Å²) >= 11 is 0. The highest BCUT2D eigenvalue weighted by atomic mass is 16.6. The van der Waals surface area contributed by atoms with Gasteiger partial charge in [0.1, 0.15) is 5.60 Å². The Labute approximate surface area is 127 Å². The Morgan fingerprint density at radius 2 is 1.86 bits per heavy atom. The lowest BCUT2D eigenvalue weighted by Crippen LogP contribution is -2.40. The molecule has 0 unspecified atom stereocenters. The molecule has 0 aromatic heterocycles. The molecule has 0 bridgehead atoms. The molecule has 0 spiro atoms. The van der Waals surface area contributed by atoms with E-state index in [-0.39, 0.29) is 17.9 Å². The molecule has 1 saturated heterocycles. The Morgan fingerprint density at radius 1 is 1.19 bits per heavy atom. The number of rotatable bonds is 6. The Bertz CT molecular complexity index is 334. The van der Waals surface area contributed by atoms with E-state index in [1.165, 1.54) is 0 Å². The van der Waals surface area contributed by atoms with E-state index in [0.717, 1.165) is 38.8 Å². The van der Waals surface area contributed by atoms with Crippen LogP contribution in [0.1, 0.15) is 46.5 Å². The minimum Gasteiger partial charge on any atom is -0.444 e. The molecule has 0 radical (unpaired) electrons. The topological polar surface area (TPSA) is 79.5 Å². The van der Waals surface area contributed by atoms with Gasteiger partial charge in [0.05, 0.1) is 5.92 Å². The van der Waals surface area contributed by atoms with Crippen LogP contribution in [0.3, 0.4) is 0 Å². The van der Waals surface area contributed by atoms with Crippen molar-refractivity contribution in [3.8, 4) is 0 Å². The van der Waals surface area contributed by atoms with Crippen LogP contribution in [-0.2, 0) is 9.53 Å². The number of nitrogens with one attached hydrogen (secondary N) is 3. The van der Waals surface area contributed by atoms with Crippen LogP contribution in [0, 0.1) is 5.92 Å². The maximum atomic E-state index is 11.9. The van der Waals surface area contributed by atoms with Crippen LogP contribution in [0.2, 0.25) is 0 Å². The summed E-state index contributed by atoms with van der Waals surface area (Å²) in [4.78, 5) is 23.3. The lowest BCUT2D eigenvalue weighted by molar-refractivity contribution is -0.125. The van der Waals surface area contributed by atoms with Gasteiger partial charge in [0, 0.05) is 19.6 Å². The zero-order valence-corrected chi connectivity index (χ0v) is 13.5. The molecular weight excluding hydrogens is 270 g/mol. The van der Waals surface area contributed by atoms with Crippen LogP contribution >= 0.6 is 0 Å². The molecule has 6 heteroatoms. The average molecular weight is 299 g/mol. The molecule has 3 N–H and O–H groups in total. The van der Waals surface area contributed by atoms with Crippen molar-refractivity contribution in [2.45, 2.75) is 52.1 Å². The summed E-state index contributed by atoms with van der Waals surface area (Å²) in [5, 5.41) is 8.90. The molecule has 1 aliphatic rings. The second-order valence-electron chi connectivity index (χ2n) is 6.47. The maximum Gasteiger partial charge on any atom is 0.407 e. The Kier molecular flexibility index (Phi) is 7.50. The molecule has 0 saturated carbocycles. The average Bonchev–Trinajstić information content (AvgIpc) is 2.41. The predicted molar refractivity (Wildman–Crippen MR) is 82.1 cm³/mol. The SMILES string of the molecule is CC(C)(C)OC(=O)NCCCCNC(=O)[C@H]1CCCNC1. The summed E-state index contributed by atoms with van der Waals surface area (Å²) in [5.41, 5.74) is -0.466. The second kappa shape index (κ2) is 8.87. The highest BCUT2D eigenvalue weighted by Crippen LogP contribution is 2.09. The van der Waals surface area contributed by atoms with E-state index >= 15 is 0 Å². The minimum atomic E-state index is -0.466. The van der Waals surface area contributed by atoms with Gasteiger partial charge >= 0.3 is 6.09 Å². The fourth-order valence-corrected chi connectivity index (χ4v) is 2.19. The third-order valence-corrected chi connectivity index (χ3v) is 3.24. The fourth-order valence-electron chi connectivity index (χ4n) is 2.19. The third-order valence-electron chi connectivity index (χ3n) is 3.24. The zero-order valence-electron chi connectivity index (χ0n) is 13.5. The summed E-state index contributed by atoms with van der Waals surface area (Å²) in [6, 6.07) is 0. The summed E-state index contributed by atoms with van der Waals surface area (Å²) in [6.07, 6.45) is 3.32. The van der Waals surface area contributed by atoms with Gasteiger partial charge in [0.25, 0.3) is 0 Å². The van der Waals surface area contributed by atoms with Crippen LogP contribution in [0.4, 0.5) is 4.79 Å². The number of alkyl carbamates (subject to hydrolysis) is 1. The third kappa shape index (κ3) is 8.55. The molecule has 6 nitrogen and oxygen atoms in total. The summed E-state index contributed by atoms with van der Waals surface area (Å²) in [7, 11) is 0. The highest BCUT2D eigenvalue weighted by Gasteiger charge is 2.20. The molecule has 122 valence electrons. The van der Waals surface area contributed by atoms with Gasteiger partial charge in [-0.3, -0.25) is 4.79 Å². The molecule has 21 heavy (non-hydrogen) atoms. The van der Waals surface area contributed by atoms with Gasteiger partial charge < -0.3 is 20.7 Å². The van der Waals surface area contributed by atoms with Crippen LogP contribution in [0.15, 0.2) is 0 Å². The number of unbranched alkanes of at least 4 members (excludes halogenated alkanes) is 1. The number of ether oxygens (including phenoxy) is 1. The molecule has 1 atom stereocenters. The van der Waals surface area contributed by atoms with E-state index in [0.29, 0.717) is 13.1 Å². The van der Waals surface area contributed by atoms with Gasteiger partial charge in [-0.05, 0) is 53.0 Å². The van der Waals surface area contributed by atoms with Crippen LogP contribution < -0.4 is 16.0 Å². The van der Waals surface area contributed by atoms with E-state index in [2.05, 4.69) is 16.0 Å². The van der Waals surface area contributed by atoms with Crippen molar-refractivity contribution >= 4 is 12.0 Å². The van der Waals surface area contributed by atoms with Crippen molar-refractivity contribution in [2.24, 2.45) is 5.92 Å². The summed E-state index contributed by atoms with van der Waals surface area (Å²) < 4.78 is 5.14. The monoisotopic (exact) mass is 299 g/mol. The minimum absolute atomic E-state index is 0.110. The first-order chi connectivity index (χ1) is 9.88. The molecule has 1 rings (SSSR count). The van der Waals surface area contributed by atoms with Gasteiger partial charge in [0.15, 0.2) is 0 Å². The van der Waals surface area contributed by atoms with Crippen molar-refractivity contribution < 1.29 is 14.3 Å². The van der Waals surface area contributed by atoms with E-state index in [1.54, 1.807) is 0 Å². The van der Waals surface area contributed by atoms with Crippen LogP contribution in [-0.4, -0.2) is 43.8 Å². The van der Waals surface area contributed by atoms with E-state index in [1.807, 2.05) is 20.8 Å². The van der Waals surface area contributed by atoms with Crippen molar-refractivity contribution in [2.75, 3.05) is 26.2 Å². The quantitative estimate of drug-likeness (QED) is 0.648. The van der Waals surface area contributed by atoms with E-state index in [4.69, 9.17) is 4.74 Å². The molecule has 2 amide bonds. The maximum absolute atomic E-state index is 11.9. The first-order valence-electron chi connectivity index (χ1n) is 7.84.